The molecule has 0 aliphatic rings. The lowest BCUT2D eigenvalue weighted by Gasteiger charge is -2.08. The maximum Gasteiger partial charge on any atom is 0.338 e. The van der Waals surface area contributed by atoms with Crippen molar-refractivity contribution in [1.29, 1.82) is 0 Å². The van der Waals surface area contributed by atoms with Crippen LogP contribution in [0.15, 0.2) is 53.3 Å². The molecule has 0 aliphatic carbocycles. The first-order valence-electron chi connectivity index (χ1n) is 7.95. The maximum atomic E-state index is 12.3. The number of carbonyl (C=O) groups is 2. The fraction of sp³-hybridized carbons (Fsp3) is 0.211. The van der Waals surface area contributed by atoms with Gasteiger partial charge in [-0.2, -0.15) is 0 Å². The summed E-state index contributed by atoms with van der Waals surface area (Å²) in [5.74, 6) is -0.354. The van der Waals surface area contributed by atoms with E-state index in [-0.39, 0.29) is 17.8 Å². The first-order chi connectivity index (χ1) is 12.0. The SMILES string of the molecule is CC(C)COC(=O)c1ccc(NC(=O)c2ccc3ocnc3c2)cc1. The Bertz CT molecular complexity index is 897. The third-order valence-corrected chi connectivity index (χ3v) is 3.52. The molecule has 128 valence electrons. The first kappa shape index (κ1) is 16.7. The second kappa shape index (κ2) is 7.17. The van der Waals surface area contributed by atoms with Gasteiger partial charge < -0.3 is 14.5 Å². The zero-order valence-electron chi connectivity index (χ0n) is 14.0. The van der Waals surface area contributed by atoms with Crippen LogP contribution in [0.25, 0.3) is 11.1 Å². The number of nitrogens with zero attached hydrogens (tertiary/aromatic N) is 1. The van der Waals surface area contributed by atoms with Crippen LogP contribution in [0.4, 0.5) is 5.69 Å². The fourth-order valence-corrected chi connectivity index (χ4v) is 2.22. The van der Waals surface area contributed by atoms with E-state index in [1.807, 2.05) is 13.8 Å². The van der Waals surface area contributed by atoms with E-state index in [9.17, 15) is 9.59 Å². The molecule has 3 rings (SSSR count). The lowest BCUT2D eigenvalue weighted by molar-refractivity contribution is 0.0459. The van der Waals surface area contributed by atoms with Crippen LogP contribution in [0, 0.1) is 5.92 Å². The van der Waals surface area contributed by atoms with Crippen molar-refractivity contribution >= 4 is 28.7 Å². The van der Waals surface area contributed by atoms with E-state index in [2.05, 4.69) is 10.3 Å². The van der Waals surface area contributed by atoms with Crippen molar-refractivity contribution in [1.82, 2.24) is 4.98 Å². The van der Waals surface area contributed by atoms with E-state index in [0.717, 1.165) is 0 Å². The molecule has 6 heteroatoms. The molecule has 1 amide bonds. The molecule has 2 aromatic carbocycles. The van der Waals surface area contributed by atoms with Crippen molar-refractivity contribution in [2.24, 2.45) is 5.92 Å². The quantitative estimate of drug-likeness (QED) is 0.714. The van der Waals surface area contributed by atoms with Crippen LogP contribution >= 0.6 is 0 Å². The van der Waals surface area contributed by atoms with E-state index in [1.54, 1.807) is 42.5 Å². The molecule has 0 bridgehead atoms. The summed E-state index contributed by atoms with van der Waals surface area (Å²) in [7, 11) is 0. The average molecular weight is 338 g/mol. The zero-order chi connectivity index (χ0) is 17.8. The number of carbonyl (C=O) groups excluding carboxylic acids is 2. The van der Waals surface area contributed by atoms with Gasteiger partial charge in [0.2, 0.25) is 0 Å². The van der Waals surface area contributed by atoms with Crippen LogP contribution in [-0.4, -0.2) is 23.5 Å². The molecule has 1 N–H and O–H groups in total. The number of aromatic nitrogens is 1. The Hall–Kier alpha value is -3.15. The predicted molar refractivity (Wildman–Crippen MR) is 93.5 cm³/mol. The number of ether oxygens (including phenoxy) is 1. The van der Waals surface area contributed by atoms with E-state index in [1.165, 1.54) is 6.39 Å². The molecule has 1 heterocycles. The molecule has 0 spiro atoms. The van der Waals surface area contributed by atoms with Crippen molar-refractivity contribution in [2.75, 3.05) is 11.9 Å². The molecule has 0 saturated heterocycles. The zero-order valence-corrected chi connectivity index (χ0v) is 14.0. The minimum Gasteiger partial charge on any atom is -0.462 e. The Morgan fingerprint density at radius 3 is 2.56 bits per heavy atom. The van der Waals surface area contributed by atoms with Gasteiger partial charge in [0.15, 0.2) is 12.0 Å². The van der Waals surface area contributed by atoms with Crippen LogP contribution in [0.5, 0.6) is 0 Å². The average Bonchev–Trinajstić information content (AvgIpc) is 3.08. The summed E-state index contributed by atoms with van der Waals surface area (Å²) in [6.45, 7) is 4.33. The smallest absolute Gasteiger partial charge is 0.338 e. The summed E-state index contributed by atoms with van der Waals surface area (Å²) in [6, 6.07) is 11.6. The summed E-state index contributed by atoms with van der Waals surface area (Å²) < 4.78 is 10.3. The number of amides is 1. The number of hydrogen-bond donors (Lipinski definition) is 1. The van der Waals surface area contributed by atoms with Gasteiger partial charge in [-0.05, 0) is 48.4 Å². The van der Waals surface area contributed by atoms with E-state index in [0.29, 0.717) is 34.5 Å². The van der Waals surface area contributed by atoms with Gasteiger partial charge in [-0.1, -0.05) is 13.8 Å². The molecule has 1 aromatic heterocycles. The summed E-state index contributed by atoms with van der Waals surface area (Å²) in [6.07, 6.45) is 1.34. The number of oxazole rings is 1. The van der Waals surface area contributed by atoms with E-state index in [4.69, 9.17) is 9.15 Å². The molecule has 6 nitrogen and oxygen atoms in total. The first-order valence-corrected chi connectivity index (χ1v) is 7.95. The van der Waals surface area contributed by atoms with Crippen molar-refractivity contribution in [3.8, 4) is 0 Å². The highest BCUT2D eigenvalue weighted by Crippen LogP contribution is 2.16. The third-order valence-electron chi connectivity index (χ3n) is 3.52. The largest absolute Gasteiger partial charge is 0.462 e. The van der Waals surface area contributed by atoms with Crippen molar-refractivity contribution in [3.05, 3.63) is 60.0 Å². The number of hydrogen-bond acceptors (Lipinski definition) is 5. The van der Waals surface area contributed by atoms with Crippen molar-refractivity contribution < 1.29 is 18.7 Å². The Balaban J connectivity index is 1.66. The second-order valence-corrected chi connectivity index (χ2v) is 6.06. The topological polar surface area (TPSA) is 81.4 Å². The van der Waals surface area contributed by atoms with Gasteiger partial charge in [-0.25, -0.2) is 9.78 Å². The van der Waals surface area contributed by atoms with Crippen molar-refractivity contribution in [3.63, 3.8) is 0 Å². The summed E-state index contributed by atoms with van der Waals surface area (Å²) >= 11 is 0. The van der Waals surface area contributed by atoms with Gasteiger partial charge in [0, 0.05) is 11.3 Å². The summed E-state index contributed by atoms with van der Waals surface area (Å²) in [4.78, 5) is 28.2. The molecule has 0 aliphatic heterocycles. The molecule has 0 saturated carbocycles. The van der Waals surface area contributed by atoms with Crippen LogP contribution in [-0.2, 0) is 4.74 Å². The molecule has 0 fully saturated rings. The number of fused-ring (bicyclic) bond motifs is 1. The Morgan fingerprint density at radius 2 is 1.84 bits per heavy atom. The Labute approximate surface area is 144 Å². The number of rotatable bonds is 5. The lowest BCUT2D eigenvalue weighted by atomic mass is 10.1. The molecular formula is C19H18N2O4. The van der Waals surface area contributed by atoms with Crippen molar-refractivity contribution in [2.45, 2.75) is 13.8 Å². The van der Waals surface area contributed by atoms with Crippen LogP contribution in [0.1, 0.15) is 34.6 Å². The van der Waals surface area contributed by atoms with Gasteiger partial charge in [0.1, 0.15) is 5.52 Å². The minimum atomic E-state index is -0.372. The highest BCUT2D eigenvalue weighted by molar-refractivity contribution is 6.06. The maximum absolute atomic E-state index is 12.3. The van der Waals surface area contributed by atoms with Gasteiger partial charge >= 0.3 is 5.97 Å². The molecule has 3 aromatic rings. The highest BCUT2D eigenvalue weighted by Gasteiger charge is 2.11. The molecule has 0 unspecified atom stereocenters. The van der Waals surface area contributed by atoms with E-state index >= 15 is 0 Å². The Morgan fingerprint density at radius 1 is 1.12 bits per heavy atom. The standard InChI is InChI=1S/C19H18N2O4/c1-12(2)10-24-19(23)13-3-6-15(7-4-13)21-18(22)14-5-8-17-16(9-14)20-11-25-17/h3-9,11-12H,10H2,1-2H3,(H,21,22). The van der Waals surface area contributed by atoms with Gasteiger partial charge in [-0.3, -0.25) is 4.79 Å². The van der Waals surface area contributed by atoms with Crippen LogP contribution in [0.3, 0.4) is 0 Å². The fourth-order valence-electron chi connectivity index (χ4n) is 2.22. The highest BCUT2D eigenvalue weighted by atomic mass is 16.5. The molecule has 0 radical (unpaired) electrons. The monoisotopic (exact) mass is 338 g/mol. The molecule has 25 heavy (non-hydrogen) atoms. The number of benzene rings is 2. The van der Waals surface area contributed by atoms with Gasteiger partial charge in [0.05, 0.1) is 12.2 Å². The lowest BCUT2D eigenvalue weighted by Crippen LogP contribution is -2.12. The molecular weight excluding hydrogens is 320 g/mol. The number of nitrogens with one attached hydrogen (secondary N) is 1. The summed E-state index contributed by atoms with van der Waals surface area (Å²) in [5.41, 5.74) is 2.76. The third kappa shape index (κ3) is 4.03. The van der Waals surface area contributed by atoms with Gasteiger partial charge in [0.25, 0.3) is 5.91 Å². The molecule has 0 atom stereocenters. The number of esters is 1. The summed E-state index contributed by atoms with van der Waals surface area (Å²) in [5, 5.41) is 2.78. The van der Waals surface area contributed by atoms with E-state index < -0.39 is 0 Å². The minimum absolute atomic E-state index is 0.264. The van der Waals surface area contributed by atoms with Crippen LogP contribution in [0.2, 0.25) is 0 Å². The van der Waals surface area contributed by atoms with Crippen LogP contribution < -0.4 is 5.32 Å². The Kier molecular flexibility index (Phi) is 4.79. The normalized spacial score (nSPS) is 10.8. The number of anilines is 1. The second-order valence-electron chi connectivity index (χ2n) is 6.06. The van der Waals surface area contributed by atoms with Gasteiger partial charge in [-0.15, -0.1) is 0 Å². The predicted octanol–water partition coefficient (Wildman–Crippen LogP) is 3.89.